The van der Waals surface area contributed by atoms with E-state index in [9.17, 15) is 4.79 Å². The maximum Gasteiger partial charge on any atom is 0.238 e. The monoisotopic (exact) mass is 185 g/mol. The van der Waals surface area contributed by atoms with E-state index in [4.69, 9.17) is 5.73 Å². The number of rotatable bonds is 2. The molecule has 0 aromatic carbocycles. The van der Waals surface area contributed by atoms with Gasteiger partial charge in [-0.1, -0.05) is 6.92 Å². The van der Waals surface area contributed by atoms with Gasteiger partial charge in [-0.2, -0.15) is 0 Å². The Morgan fingerprint density at radius 2 is 2.38 bits per heavy atom. The van der Waals surface area contributed by atoms with Crippen LogP contribution in [-0.2, 0) is 4.79 Å². The third-order valence-electron chi connectivity index (χ3n) is 2.61. The molecule has 1 saturated heterocycles. The second kappa shape index (κ2) is 4.58. The quantitative estimate of drug-likeness (QED) is 0.612. The summed E-state index contributed by atoms with van der Waals surface area (Å²) in [4.78, 5) is 13.7. The van der Waals surface area contributed by atoms with Gasteiger partial charge in [-0.25, -0.2) is 0 Å². The largest absolute Gasteiger partial charge is 0.352 e. The maximum atomic E-state index is 11.6. The summed E-state index contributed by atoms with van der Waals surface area (Å²) in [6, 6.07) is 0.146. The van der Waals surface area contributed by atoms with E-state index < -0.39 is 0 Å². The zero-order valence-corrected chi connectivity index (χ0v) is 8.42. The van der Waals surface area contributed by atoms with E-state index in [-0.39, 0.29) is 18.0 Å². The normalized spacial score (nSPS) is 31.2. The van der Waals surface area contributed by atoms with Crippen LogP contribution in [-0.4, -0.2) is 42.5 Å². The van der Waals surface area contributed by atoms with Crippen LogP contribution < -0.4 is 11.1 Å². The summed E-state index contributed by atoms with van der Waals surface area (Å²) in [6.45, 7) is 6.35. The SMILES string of the molecule is CCN1CCC(C)NC(=O)C1CN. The number of carbonyl (C=O) groups is 1. The van der Waals surface area contributed by atoms with E-state index >= 15 is 0 Å². The zero-order valence-electron chi connectivity index (χ0n) is 8.42. The maximum absolute atomic E-state index is 11.6. The number of likely N-dealkylation sites (N-methyl/N-ethyl adjacent to an activating group) is 1. The molecule has 13 heavy (non-hydrogen) atoms. The van der Waals surface area contributed by atoms with Gasteiger partial charge in [0.05, 0.1) is 0 Å². The molecule has 0 aromatic rings. The number of nitrogens with two attached hydrogens (primary N) is 1. The molecule has 1 aliphatic heterocycles. The summed E-state index contributed by atoms with van der Waals surface area (Å²) in [7, 11) is 0. The Hall–Kier alpha value is -0.610. The van der Waals surface area contributed by atoms with Gasteiger partial charge in [0.15, 0.2) is 0 Å². The van der Waals surface area contributed by atoms with Gasteiger partial charge in [0, 0.05) is 19.1 Å². The van der Waals surface area contributed by atoms with Crippen molar-refractivity contribution in [3.63, 3.8) is 0 Å². The first-order valence-corrected chi connectivity index (χ1v) is 4.93. The van der Waals surface area contributed by atoms with Gasteiger partial charge >= 0.3 is 0 Å². The van der Waals surface area contributed by atoms with Crippen molar-refractivity contribution in [1.82, 2.24) is 10.2 Å². The fourth-order valence-corrected chi connectivity index (χ4v) is 1.73. The average Bonchev–Trinajstić information content (AvgIpc) is 2.23. The fourth-order valence-electron chi connectivity index (χ4n) is 1.73. The molecule has 0 aliphatic carbocycles. The summed E-state index contributed by atoms with van der Waals surface area (Å²) in [5.41, 5.74) is 5.57. The Bertz CT molecular complexity index is 184. The van der Waals surface area contributed by atoms with E-state index in [1.807, 2.05) is 6.92 Å². The second-order valence-electron chi connectivity index (χ2n) is 3.58. The van der Waals surface area contributed by atoms with Crippen LogP contribution in [0.4, 0.5) is 0 Å². The van der Waals surface area contributed by atoms with Crippen molar-refractivity contribution in [3.8, 4) is 0 Å². The fraction of sp³-hybridized carbons (Fsp3) is 0.889. The Labute approximate surface area is 79.5 Å². The standard InChI is InChI=1S/C9H19N3O/c1-3-12-5-4-7(2)11-9(13)8(12)6-10/h7-8H,3-6,10H2,1-2H3,(H,11,13). The van der Waals surface area contributed by atoms with E-state index in [1.165, 1.54) is 0 Å². The molecule has 76 valence electrons. The van der Waals surface area contributed by atoms with Gasteiger partial charge in [0.1, 0.15) is 6.04 Å². The Morgan fingerprint density at radius 1 is 1.69 bits per heavy atom. The summed E-state index contributed by atoms with van der Waals surface area (Å²) < 4.78 is 0. The van der Waals surface area contributed by atoms with Crippen molar-refractivity contribution in [2.75, 3.05) is 19.6 Å². The Balaban J connectivity index is 2.68. The first-order valence-electron chi connectivity index (χ1n) is 4.93. The second-order valence-corrected chi connectivity index (χ2v) is 3.58. The first-order chi connectivity index (χ1) is 6.19. The van der Waals surface area contributed by atoms with Crippen LogP contribution >= 0.6 is 0 Å². The molecule has 0 spiro atoms. The Kier molecular flexibility index (Phi) is 3.69. The van der Waals surface area contributed by atoms with Crippen molar-refractivity contribution in [2.45, 2.75) is 32.4 Å². The van der Waals surface area contributed by atoms with Crippen LogP contribution in [0.3, 0.4) is 0 Å². The van der Waals surface area contributed by atoms with Crippen molar-refractivity contribution >= 4 is 5.91 Å². The van der Waals surface area contributed by atoms with Crippen molar-refractivity contribution in [2.24, 2.45) is 5.73 Å². The minimum Gasteiger partial charge on any atom is -0.352 e. The molecule has 2 atom stereocenters. The zero-order chi connectivity index (χ0) is 9.84. The van der Waals surface area contributed by atoms with Crippen LogP contribution in [0.15, 0.2) is 0 Å². The van der Waals surface area contributed by atoms with Crippen LogP contribution in [0, 0.1) is 0 Å². The summed E-state index contributed by atoms with van der Waals surface area (Å²) in [5, 5.41) is 2.95. The highest BCUT2D eigenvalue weighted by atomic mass is 16.2. The molecule has 0 saturated carbocycles. The van der Waals surface area contributed by atoms with Crippen LogP contribution in [0.25, 0.3) is 0 Å². The molecule has 1 amide bonds. The van der Waals surface area contributed by atoms with Gasteiger partial charge in [0.25, 0.3) is 0 Å². The van der Waals surface area contributed by atoms with Crippen LogP contribution in [0.1, 0.15) is 20.3 Å². The highest BCUT2D eigenvalue weighted by Gasteiger charge is 2.27. The molecule has 3 N–H and O–H groups in total. The van der Waals surface area contributed by atoms with Crippen molar-refractivity contribution in [3.05, 3.63) is 0 Å². The predicted octanol–water partition coefficient (Wildman–Crippen LogP) is -0.456. The van der Waals surface area contributed by atoms with Crippen LogP contribution in [0.2, 0.25) is 0 Å². The highest BCUT2D eigenvalue weighted by molar-refractivity contribution is 5.82. The number of hydrogen-bond acceptors (Lipinski definition) is 3. The topological polar surface area (TPSA) is 58.4 Å². The molecular formula is C9H19N3O. The summed E-state index contributed by atoms with van der Waals surface area (Å²) in [6.07, 6.45) is 1.01. The number of nitrogens with one attached hydrogen (secondary N) is 1. The smallest absolute Gasteiger partial charge is 0.238 e. The van der Waals surface area contributed by atoms with Gasteiger partial charge in [-0.05, 0) is 19.9 Å². The van der Waals surface area contributed by atoms with E-state index in [0.717, 1.165) is 19.5 Å². The van der Waals surface area contributed by atoms with Gasteiger partial charge in [0.2, 0.25) is 5.91 Å². The lowest BCUT2D eigenvalue weighted by molar-refractivity contribution is -0.125. The predicted molar refractivity (Wildman–Crippen MR) is 52.3 cm³/mol. The lowest BCUT2D eigenvalue weighted by Gasteiger charge is -2.25. The molecule has 1 rings (SSSR count). The summed E-state index contributed by atoms with van der Waals surface area (Å²) in [5.74, 6) is 0.0781. The van der Waals surface area contributed by atoms with Gasteiger partial charge < -0.3 is 11.1 Å². The third-order valence-corrected chi connectivity index (χ3v) is 2.61. The number of carbonyl (C=O) groups excluding carboxylic acids is 1. The van der Waals surface area contributed by atoms with Gasteiger partial charge in [-0.15, -0.1) is 0 Å². The van der Waals surface area contributed by atoms with E-state index in [2.05, 4.69) is 17.1 Å². The van der Waals surface area contributed by atoms with Crippen molar-refractivity contribution < 1.29 is 4.79 Å². The lowest BCUT2D eigenvalue weighted by Crippen LogP contribution is -2.49. The van der Waals surface area contributed by atoms with E-state index in [0.29, 0.717) is 6.54 Å². The molecule has 2 unspecified atom stereocenters. The number of amides is 1. The minimum atomic E-state index is -0.130. The molecule has 4 heteroatoms. The molecule has 0 aromatic heterocycles. The summed E-state index contributed by atoms with van der Waals surface area (Å²) >= 11 is 0. The van der Waals surface area contributed by atoms with Crippen LogP contribution in [0.5, 0.6) is 0 Å². The molecule has 1 aliphatic rings. The molecule has 0 bridgehead atoms. The van der Waals surface area contributed by atoms with Crippen molar-refractivity contribution in [1.29, 1.82) is 0 Å². The van der Waals surface area contributed by atoms with Gasteiger partial charge in [-0.3, -0.25) is 9.69 Å². The van der Waals surface area contributed by atoms with E-state index in [1.54, 1.807) is 0 Å². The highest BCUT2D eigenvalue weighted by Crippen LogP contribution is 2.07. The molecule has 4 nitrogen and oxygen atoms in total. The minimum absolute atomic E-state index is 0.0781. The first kappa shape index (κ1) is 10.5. The number of hydrogen-bond donors (Lipinski definition) is 2. The molecule has 1 heterocycles. The average molecular weight is 185 g/mol. The lowest BCUT2D eigenvalue weighted by atomic mass is 10.2. The molecule has 1 fully saturated rings. The molecule has 0 radical (unpaired) electrons. The Morgan fingerprint density at radius 3 is 2.92 bits per heavy atom. The number of nitrogens with zero attached hydrogens (tertiary/aromatic N) is 1. The molecular weight excluding hydrogens is 166 g/mol. The third kappa shape index (κ3) is 2.42.